The van der Waals surface area contributed by atoms with Gasteiger partial charge in [0.25, 0.3) is 0 Å². The van der Waals surface area contributed by atoms with Crippen LogP contribution in [0.15, 0.2) is 12.3 Å². The minimum atomic E-state index is -0.108. The number of carbonyl (C=O) groups excluding carboxylic acids is 1. The number of rotatable bonds is 5. The van der Waals surface area contributed by atoms with Gasteiger partial charge < -0.3 is 5.32 Å². The fourth-order valence-electron chi connectivity index (χ4n) is 2.88. The van der Waals surface area contributed by atoms with Crippen molar-refractivity contribution in [2.75, 3.05) is 18.4 Å². The van der Waals surface area contributed by atoms with Gasteiger partial charge in [-0.1, -0.05) is 0 Å². The molecule has 1 aliphatic rings. The number of carbonyl (C=O) groups is 1. The van der Waals surface area contributed by atoms with Crippen molar-refractivity contribution < 1.29 is 4.79 Å². The fourth-order valence-corrected chi connectivity index (χ4v) is 2.88. The Bertz CT molecular complexity index is 676. The summed E-state index contributed by atoms with van der Waals surface area (Å²) in [6.07, 6.45) is 2.93. The molecular weight excluding hydrogens is 296 g/mol. The van der Waals surface area contributed by atoms with Crippen LogP contribution in [0.2, 0.25) is 0 Å². The molecule has 0 saturated carbocycles. The number of hydrogen-bond donors (Lipinski definition) is 1. The maximum atomic E-state index is 11.1. The lowest BCUT2D eigenvalue weighted by atomic mass is 10.3. The Labute approximate surface area is 134 Å². The van der Waals surface area contributed by atoms with Gasteiger partial charge >= 0.3 is 0 Å². The highest BCUT2D eigenvalue weighted by atomic mass is 16.1. The Kier molecular flexibility index (Phi) is 4.37. The summed E-state index contributed by atoms with van der Waals surface area (Å²) < 4.78 is 3.78. The van der Waals surface area contributed by atoms with Crippen molar-refractivity contribution in [2.24, 2.45) is 0 Å². The summed E-state index contributed by atoms with van der Waals surface area (Å²) in [6.45, 7) is 8.23. The molecule has 1 aliphatic heterocycles. The summed E-state index contributed by atoms with van der Waals surface area (Å²) in [6, 6.07) is 2.38. The number of aromatic nitrogens is 6. The molecule has 1 atom stereocenters. The molecule has 1 N–H and O–H groups in total. The standard InChI is InChI=1S/C14H22N8O/c1-10(2)22-14(16-18-19-22)9-20-6-4-12(8-20)21-7-5-13(17-21)15-11(3)23/h5,7,10,12H,4,6,8-9H2,1-3H3,(H,15,17,23)/t12-/m1/s1. The van der Waals surface area contributed by atoms with E-state index in [0.717, 1.165) is 31.9 Å². The van der Waals surface area contributed by atoms with Gasteiger partial charge in [-0.3, -0.25) is 14.4 Å². The van der Waals surface area contributed by atoms with Crippen LogP contribution in [0.5, 0.6) is 0 Å². The third-order valence-corrected chi connectivity index (χ3v) is 3.95. The van der Waals surface area contributed by atoms with Gasteiger partial charge in [0, 0.05) is 32.3 Å². The Hall–Kier alpha value is -2.29. The molecule has 0 bridgehead atoms. The molecule has 0 unspecified atom stereocenters. The molecule has 0 aliphatic carbocycles. The fraction of sp³-hybridized carbons (Fsp3) is 0.643. The first-order valence-electron chi connectivity index (χ1n) is 7.84. The quantitative estimate of drug-likeness (QED) is 0.878. The number of likely N-dealkylation sites (tertiary alicyclic amines) is 1. The number of anilines is 1. The Balaban J connectivity index is 1.61. The van der Waals surface area contributed by atoms with Crippen molar-refractivity contribution in [3.8, 4) is 0 Å². The van der Waals surface area contributed by atoms with E-state index < -0.39 is 0 Å². The lowest BCUT2D eigenvalue weighted by Gasteiger charge is -2.16. The average molecular weight is 318 g/mol. The molecule has 9 heteroatoms. The number of amides is 1. The zero-order valence-corrected chi connectivity index (χ0v) is 13.7. The summed E-state index contributed by atoms with van der Waals surface area (Å²) in [4.78, 5) is 13.4. The van der Waals surface area contributed by atoms with Crippen LogP contribution < -0.4 is 5.32 Å². The second-order valence-corrected chi connectivity index (χ2v) is 6.17. The first kappa shape index (κ1) is 15.6. The number of tetrazole rings is 1. The summed E-state index contributed by atoms with van der Waals surface area (Å²) >= 11 is 0. The Morgan fingerprint density at radius 1 is 1.48 bits per heavy atom. The minimum Gasteiger partial charge on any atom is -0.309 e. The molecule has 9 nitrogen and oxygen atoms in total. The second-order valence-electron chi connectivity index (χ2n) is 6.17. The summed E-state index contributed by atoms with van der Waals surface area (Å²) in [5.41, 5.74) is 0. The predicted molar refractivity (Wildman–Crippen MR) is 83.7 cm³/mol. The van der Waals surface area contributed by atoms with Crippen molar-refractivity contribution in [1.82, 2.24) is 34.9 Å². The molecule has 3 rings (SSSR count). The minimum absolute atomic E-state index is 0.108. The van der Waals surface area contributed by atoms with Crippen molar-refractivity contribution in [1.29, 1.82) is 0 Å². The van der Waals surface area contributed by atoms with E-state index in [4.69, 9.17) is 0 Å². The number of nitrogens with zero attached hydrogens (tertiary/aromatic N) is 7. The van der Waals surface area contributed by atoms with Gasteiger partial charge in [-0.25, -0.2) is 4.68 Å². The van der Waals surface area contributed by atoms with Crippen LogP contribution in [0, 0.1) is 0 Å². The summed E-state index contributed by atoms with van der Waals surface area (Å²) in [7, 11) is 0. The number of hydrogen-bond acceptors (Lipinski definition) is 6. The molecule has 1 saturated heterocycles. The van der Waals surface area contributed by atoms with E-state index in [1.54, 1.807) is 0 Å². The van der Waals surface area contributed by atoms with E-state index in [1.807, 2.05) is 21.6 Å². The van der Waals surface area contributed by atoms with Crippen molar-refractivity contribution in [2.45, 2.75) is 45.8 Å². The molecule has 3 heterocycles. The van der Waals surface area contributed by atoms with Crippen molar-refractivity contribution in [3.63, 3.8) is 0 Å². The largest absolute Gasteiger partial charge is 0.309 e. The van der Waals surface area contributed by atoms with Gasteiger partial charge in [0.1, 0.15) is 0 Å². The highest BCUT2D eigenvalue weighted by Crippen LogP contribution is 2.23. The smallest absolute Gasteiger partial charge is 0.222 e. The highest BCUT2D eigenvalue weighted by molar-refractivity contribution is 5.87. The molecule has 23 heavy (non-hydrogen) atoms. The predicted octanol–water partition coefficient (Wildman–Crippen LogP) is 0.856. The molecule has 0 radical (unpaired) electrons. The second kappa shape index (κ2) is 6.45. The highest BCUT2D eigenvalue weighted by Gasteiger charge is 2.26. The molecule has 124 valence electrons. The molecule has 2 aromatic rings. The zero-order valence-electron chi connectivity index (χ0n) is 13.7. The van der Waals surface area contributed by atoms with Crippen molar-refractivity contribution >= 4 is 11.7 Å². The van der Waals surface area contributed by atoms with Gasteiger partial charge in [-0.2, -0.15) is 5.10 Å². The van der Waals surface area contributed by atoms with E-state index in [9.17, 15) is 4.79 Å². The molecule has 1 fully saturated rings. The van der Waals surface area contributed by atoms with Crippen LogP contribution in [-0.2, 0) is 11.3 Å². The average Bonchev–Trinajstić information content (AvgIpc) is 3.18. The lowest BCUT2D eigenvalue weighted by molar-refractivity contribution is -0.114. The normalized spacial score (nSPS) is 18.7. The summed E-state index contributed by atoms with van der Waals surface area (Å²) in [5.74, 6) is 1.38. The maximum Gasteiger partial charge on any atom is 0.222 e. The summed E-state index contributed by atoms with van der Waals surface area (Å²) in [5, 5.41) is 19.1. The van der Waals surface area contributed by atoms with Crippen LogP contribution in [0.3, 0.4) is 0 Å². The third-order valence-electron chi connectivity index (χ3n) is 3.95. The van der Waals surface area contributed by atoms with Crippen LogP contribution in [-0.4, -0.2) is 53.9 Å². The topological polar surface area (TPSA) is 93.8 Å². The molecule has 2 aromatic heterocycles. The Morgan fingerprint density at radius 2 is 2.30 bits per heavy atom. The van der Waals surface area contributed by atoms with E-state index >= 15 is 0 Å². The monoisotopic (exact) mass is 318 g/mol. The SMILES string of the molecule is CC(=O)Nc1ccn([C@@H]2CCN(Cc3nnnn3C(C)C)C2)n1. The third kappa shape index (κ3) is 3.55. The van der Waals surface area contributed by atoms with E-state index in [1.165, 1.54) is 6.92 Å². The zero-order chi connectivity index (χ0) is 16.4. The lowest BCUT2D eigenvalue weighted by Crippen LogP contribution is -2.24. The molecule has 0 spiro atoms. The van der Waals surface area contributed by atoms with Gasteiger partial charge in [-0.15, -0.1) is 5.10 Å². The van der Waals surface area contributed by atoms with Crippen molar-refractivity contribution in [3.05, 3.63) is 18.1 Å². The molecule has 0 aromatic carbocycles. The molecular formula is C14H22N8O. The van der Waals surface area contributed by atoms with Crippen LogP contribution in [0.25, 0.3) is 0 Å². The van der Waals surface area contributed by atoms with Gasteiger partial charge in [0.05, 0.1) is 18.6 Å². The molecule has 1 amide bonds. The maximum absolute atomic E-state index is 11.1. The van der Waals surface area contributed by atoms with Gasteiger partial charge in [0.2, 0.25) is 5.91 Å². The number of nitrogens with one attached hydrogen (secondary N) is 1. The van der Waals surface area contributed by atoms with E-state index in [-0.39, 0.29) is 11.9 Å². The van der Waals surface area contributed by atoms with Gasteiger partial charge in [0.15, 0.2) is 11.6 Å². The van der Waals surface area contributed by atoms with Crippen LogP contribution in [0.4, 0.5) is 5.82 Å². The van der Waals surface area contributed by atoms with Crippen LogP contribution >= 0.6 is 0 Å². The van der Waals surface area contributed by atoms with E-state index in [0.29, 0.717) is 11.9 Å². The first-order chi connectivity index (χ1) is 11.0. The first-order valence-corrected chi connectivity index (χ1v) is 7.84. The van der Waals surface area contributed by atoms with Crippen LogP contribution in [0.1, 0.15) is 45.1 Å². The van der Waals surface area contributed by atoms with E-state index in [2.05, 4.69) is 44.7 Å². The van der Waals surface area contributed by atoms with Gasteiger partial charge in [-0.05, 0) is 30.7 Å². The Morgan fingerprint density at radius 3 is 3.04 bits per heavy atom.